The summed E-state index contributed by atoms with van der Waals surface area (Å²) >= 11 is 1.45. The zero-order valence-electron chi connectivity index (χ0n) is 16.0. The quantitative estimate of drug-likeness (QED) is 0.493. The Balaban J connectivity index is 1.53. The lowest BCUT2D eigenvalue weighted by atomic mass is 10.2. The van der Waals surface area contributed by atoms with Crippen LogP contribution < -0.4 is 10.1 Å². The van der Waals surface area contributed by atoms with Gasteiger partial charge in [-0.25, -0.2) is 4.39 Å². The maximum atomic E-state index is 13.0. The number of anilines is 1. The molecule has 0 aliphatic rings. The van der Waals surface area contributed by atoms with E-state index < -0.39 is 0 Å². The molecule has 0 atom stereocenters. The molecular formula is C23H18FN3O2S. The molecule has 5 nitrogen and oxygen atoms in total. The number of halogens is 1. The summed E-state index contributed by atoms with van der Waals surface area (Å²) in [4.78, 5) is 16.4. The van der Waals surface area contributed by atoms with E-state index >= 15 is 0 Å². The number of allylic oxidation sites excluding steroid dienone is 1. The van der Waals surface area contributed by atoms with Crippen molar-refractivity contribution in [2.45, 2.75) is 5.75 Å². The molecular weight excluding hydrogens is 401 g/mol. The number of aromatic nitrogens is 1. The molecule has 0 aliphatic carbocycles. The van der Waals surface area contributed by atoms with Crippen molar-refractivity contribution in [2.24, 2.45) is 0 Å². The summed E-state index contributed by atoms with van der Waals surface area (Å²) in [6, 6.07) is 18.6. The summed E-state index contributed by atoms with van der Waals surface area (Å²) in [5.41, 5.74) is 2.01. The molecule has 0 saturated carbocycles. The molecule has 1 N–H and O–H groups in total. The Morgan fingerprint density at radius 3 is 2.73 bits per heavy atom. The van der Waals surface area contributed by atoms with Crippen molar-refractivity contribution >= 4 is 28.9 Å². The lowest BCUT2D eigenvalue weighted by Crippen LogP contribution is -2.15. The van der Waals surface area contributed by atoms with Crippen LogP contribution in [0.1, 0.15) is 11.3 Å². The summed E-state index contributed by atoms with van der Waals surface area (Å²) in [6.45, 7) is 3.65. The number of nitrogens with one attached hydrogen (secondary N) is 1. The van der Waals surface area contributed by atoms with Gasteiger partial charge in [0, 0.05) is 11.9 Å². The van der Waals surface area contributed by atoms with E-state index in [1.807, 2.05) is 30.3 Å². The normalized spacial score (nSPS) is 10.1. The molecule has 0 bridgehead atoms. The predicted molar refractivity (Wildman–Crippen MR) is 117 cm³/mol. The Labute approximate surface area is 178 Å². The third-order valence-electron chi connectivity index (χ3n) is 3.95. The second-order valence-corrected chi connectivity index (χ2v) is 7.22. The third-order valence-corrected chi connectivity index (χ3v) is 4.96. The lowest BCUT2D eigenvalue weighted by Gasteiger charge is -2.09. The average molecular weight is 419 g/mol. The van der Waals surface area contributed by atoms with E-state index in [0.717, 1.165) is 5.56 Å². The van der Waals surface area contributed by atoms with Gasteiger partial charge in [-0.15, -0.1) is 11.8 Å². The van der Waals surface area contributed by atoms with Crippen LogP contribution in [0.4, 0.5) is 10.1 Å². The number of thioether (sulfide) groups is 1. The highest BCUT2D eigenvalue weighted by atomic mass is 32.2. The number of rotatable bonds is 8. The van der Waals surface area contributed by atoms with Crippen molar-refractivity contribution in [1.29, 1.82) is 5.26 Å². The smallest absolute Gasteiger partial charge is 0.234 e. The number of nitrogens with zero attached hydrogens (tertiary/aromatic N) is 2. The van der Waals surface area contributed by atoms with Gasteiger partial charge in [-0.1, -0.05) is 18.7 Å². The fourth-order valence-corrected chi connectivity index (χ4v) is 3.36. The Bertz CT molecular complexity index is 1090. The number of nitriles is 1. The Morgan fingerprint density at radius 1 is 1.17 bits per heavy atom. The van der Waals surface area contributed by atoms with Gasteiger partial charge in [0.05, 0.1) is 17.0 Å². The summed E-state index contributed by atoms with van der Waals surface area (Å²) in [6.07, 6.45) is 1.54. The van der Waals surface area contributed by atoms with Crippen molar-refractivity contribution in [3.05, 3.63) is 90.5 Å². The maximum absolute atomic E-state index is 13.0. The zero-order valence-corrected chi connectivity index (χ0v) is 16.8. The molecule has 0 aliphatic heterocycles. The van der Waals surface area contributed by atoms with E-state index in [2.05, 4.69) is 16.9 Å². The molecule has 0 saturated heterocycles. The van der Waals surface area contributed by atoms with E-state index in [1.165, 1.54) is 23.9 Å². The number of amides is 1. The molecule has 0 unspecified atom stereocenters. The molecule has 2 aromatic carbocycles. The van der Waals surface area contributed by atoms with Crippen LogP contribution in [-0.2, 0) is 10.5 Å². The monoisotopic (exact) mass is 419 g/mol. The Morgan fingerprint density at radius 2 is 1.97 bits per heavy atom. The fourth-order valence-electron chi connectivity index (χ4n) is 2.58. The van der Waals surface area contributed by atoms with Crippen LogP contribution in [0.25, 0.3) is 5.57 Å². The highest BCUT2D eigenvalue weighted by Crippen LogP contribution is 2.24. The number of hydrogen-bond acceptors (Lipinski definition) is 5. The number of carbonyl (C=O) groups is 1. The van der Waals surface area contributed by atoms with Gasteiger partial charge in [0.2, 0.25) is 5.91 Å². The van der Waals surface area contributed by atoms with E-state index in [0.29, 0.717) is 28.6 Å². The van der Waals surface area contributed by atoms with Gasteiger partial charge in [0.1, 0.15) is 29.1 Å². The van der Waals surface area contributed by atoms with Gasteiger partial charge >= 0.3 is 0 Å². The van der Waals surface area contributed by atoms with E-state index in [1.54, 1.807) is 30.5 Å². The molecule has 1 aromatic heterocycles. The number of carbonyl (C=O) groups excluding carboxylic acids is 1. The van der Waals surface area contributed by atoms with Gasteiger partial charge in [0.25, 0.3) is 0 Å². The zero-order chi connectivity index (χ0) is 21.3. The van der Waals surface area contributed by atoms with Crippen LogP contribution in [0.2, 0.25) is 0 Å². The molecule has 0 spiro atoms. The molecule has 150 valence electrons. The highest BCUT2D eigenvalue weighted by Gasteiger charge is 2.10. The van der Waals surface area contributed by atoms with Crippen molar-refractivity contribution < 1.29 is 13.9 Å². The molecule has 0 fully saturated rings. The molecule has 7 heteroatoms. The average Bonchev–Trinajstić information content (AvgIpc) is 2.75. The number of benzene rings is 2. The van der Waals surface area contributed by atoms with Crippen molar-refractivity contribution in [2.75, 3.05) is 11.1 Å². The van der Waals surface area contributed by atoms with E-state index in [4.69, 9.17) is 10.00 Å². The molecule has 1 heterocycles. The van der Waals surface area contributed by atoms with Crippen LogP contribution in [0.15, 0.2) is 73.4 Å². The Kier molecular flexibility index (Phi) is 7.19. The number of pyridine rings is 1. The summed E-state index contributed by atoms with van der Waals surface area (Å²) in [7, 11) is 0. The minimum Gasteiger partial charge on any atom is -0.457 e. The van der Waals surface area contributed by atoms with Crippen LogP contribution in [0.5, 0.6) is 11.5 Å². The number of ether oxygens (including phenoxy) is 1. The molecule has 30 heavy (non-hydrogen) atoms. The van der Waals surface area contributed by atoms with Crippen LogP contribution >= 0.6 is 11.8 Å². The first-order valence-corrected chi connectivity index (χ1v) is 10.1. The molecule has 3 aromatic rings. The first kappa shape index (κ1) is 21.1. The summed E-state index contributed by atoms with van der Waals surface area (Å²) < 4.78 is 18.7. The minimum absolute atomic E-state index is 0.191. The Hall–Kier alpha value is -3.63. The van der Waals surface area contributed by atoms with Gasteiger partial charge in [-0.05, 0) is 54.1 Å². The first-order chi connectivity index (χ1) is 14.5. The van der Waals surface area contributed by atoms with Gasteiger partial charge in [-0.2, -0.15) is 5.26 Å². The minimum atomic E-state index is -0.318. The fraction of sp³-hybridized carbons (Fsp3) is 0.0870. The lowest BCUT2D eigenvalue weighted by molar-refractivity contribution is -0.113. The second-order valence-electron chi connectivity index (χ2n) is 6.23. The molecule has 3 rings (SSSR count). The van der Waals surface area contributed by atoms with Crippen molar-refractivity contribution in [3.8, 4) is 17.6 Å². The second kappa shape index (κ2) is 10.2. The highest BCUT2D eigenvalue weighted by molar-refractivity contribution is 7.99. The van der Waals surface area contributed by atoms with Gasteiger partial charge in [-0.3, -0.25) is 9.78 Å². The van der Waals surface area contributed by atoms with Crippen molar-refractivity contribution in [3.63, 3.8) is 0 Å². The standard InChI is InChI=1S/C23H18FN3O2S/c1-16(13-25)23-21(6-3-11-26-23)27-22(28)15-30-14-17-4-2-5-20(12-17)29-19-9-7-18(24)8-10-19/h2-12H,1,14-15H2,(H,27,28). The summed E-state index contributed by atoms with van der Waals surface area (Å²) in [5, 5.41) is 11.8. The van der Waals surface area contributed by atoms with E-state index in [9.17, 15) is 9.18 Å². The largest absolute Gasteiger partial charge is 0.457 e. The van der Waals surface area contributed by atoms with Crippen LogP contribution in [-0.4, -0.2) is 16.6 Å². The predicted octanol–water partition coefficient (Wildman–Crippen LogP) is 5.42. The first-order valence-electron chi connectivity index (χ1n) is 8.99. The molecule has 1 amide bonds. The maximum Gasteiger partial charge on any atom is 0.234 e. The van der Waals surface area contributed by atoms with Crippen molar-refractivity contribution in [1.82, 2.24) is 4.98 Å². The third kappa shape index (κ3) is 5.93. The summed E-state index contributed by atoms with van der Waals surface area (Å²) in [5.74, 6) is 1.51. The van der Waals surface area contributed by atoms with Gasteiger partial charge < -0.3 is 10.1 Å². The van der Waals surface area contributed by atoms with Gasteiger partial charge in [0.15, 0.2) is 0 Å². The topological polar surface area (TPSA) is 75.0 Å². The van der Waals surface area contributed by atoms with E-state index in [-0.39, 0.29) is 23.1 Å². The van der Waals surface area contributed by atoms with Crippen LogP contribution in [0.3, 0.4) is 0 Å². The molecule has 0 radical (unpaired) electrons. The number of hydrogen-bond donors (Lipinski definition) is 1. The SMILES string of the molecule is C=C(C#N)c1ncccc1NC(=O)CSCc1cccc(Oc2ccc(F)cc2)c1. The van der Waals surface area contributed by atoms with Crippen LogP contribution in [0, 0.1) is 17.1 Å².